The number of carboxylic acid groups (broad SMARTS) is 1. The molecule has 0 aliphatic carbocycles. The first-order chi connectivity index (χ1) is 20.3. The van der Waals surface area contributed by atoms with Crippen molar-refractivity contribution in [2.24, 2.45) is 11.5 Å². The molecule has 2 aromatic carbocycles. The van der Waals surface area contributed by atoms with E-state index in [2.05, 4.69) is 21.3 Å². The summed E-state index contributed by atoms with van der Waals surface area (Å²) in [6.45, 7) is 2.77. The molecule has 1 aliphatic rings. The lowest BCUT2D eigenvalue weighted by molar-refractivity contribution is -0.141. The lowest BCUT2D eigenvalue weighted by Gasteiger charge is -2.34. The van der Waals surface area contributed by atoms with Crippen LogP contribution in [0.15, 0.2) is 54.6 Å². The first kappa shape index (κ1) is 33.1. The average molecular weight is 613 g/mol. The van der Waals surface area contributed by atoms with E-state index in [-0.39, 0.29) is 18.6 Å². The molecule has 0 spiro atoms. The van der Waals surface area contributed by atoms with Gasteiger partial charge in [-0.05, 0) is 43.5 Å². The number of carboxylic acids is 1. The van der Waals surface area contributed by atoms with Gasteiger partial charge in [-0.2, -0.15) is 11.8 Å². The van der Waals surface area contributed by atoms with Gasteiger partial charge in [0.15, 0.2) is 0 Å². The van der Waals surface area contributed by atoms with Crippen LogP contribution in [0.1, 0.15) is 35.3 Å². The van der Waals surface area contributed by atoms with Gasteiger partial charge in [0.05, 0.1) is 12.6 Å². The minimum Gasteiger partial charge on any atom is -0.480 e. The van der Waals surface area contributed by atoms with Crippen molar-refractivity contribution in [3.63, 3.8) is 0 Å². The summed E-state index contributed by atoms with van der Waals surface area (Å²) < 4.78 is -1.10. The largest absolute Gasteiger partial charge is 0.480 e. The Bertz CT molecular complexity index is 1350. The maximum Gasteiger partial charge on any atom is 0.327 e. The van der Waals surface area contributed by atoms with E-state index in [1.165, 1.54) is 12.1 Å². The number of carbonyl (C=O) groups excluding carboxylic acids is 5. The highest BCUT2D eigenvalue weighted by molar-refractivity contribution is 8.00. The van der Waals surface area contributed by atoms with E-state index < -0.39 is 71.0 Å². The predicted octanol–water partition coefficient (Wildman–Crippen LogP) is -0.921. The molecule has 1 aliphatic heterocycles. The zero-order valence-corrected chi connectivity index (χ0v) is 24.6. The van der Waals surface area contributed by atoms with Gasteiger partial charge in [0.25, 0.3) is 0 Å². The maximum absolute atomic E-state index is 13.3. The third kappa shape index (κ3) is 9.54. The number of hydrogen-bond acceptors (Lipinski definition) is 8. The average Bonchev–Trinajstić information content (AvgIpc) is 2.96. The normalized spacial score (nSPS) is 21.8. The minimum atomic E-state index is -1.35. The maximum atomic E-state index is 13.3. The second-order valence-electron chi connectivity index (χ2n) is 10.7. The van der Waals surface area contributed by atoms with Crippen LogP contribution in [0.5, 0.6) is 0 Å². The monoisotopic (exact) mass is 612 g/mol. The Labute approximate surface area is 252 Å². The zero-order chi connectivity index (χ0) is 31.7. The number of hydrogen-bond donors (Lipinski definition) is 7. The standard InChI is InChI=1S/C29H36N6O7S/c1-29(2)23(35-25(38)19(30)12-17-8-10-18(11-9-17)24(31)37)27(40)32-14-22(36)33-20(13-16-6-4-3-5-7-16)26(39)34-21(15-43-29)28(41)42/h3-11,19-21,23H,12-15,30H2,1-2H3,(H2,31,37)(H,32,40)(H,33,36)(H,34,39)(H,35,38)(H,41,42)/t19-,20-,21+,23?/m0/s1. The molecular formula is C29H36N6O7S. The number of aliphatic carboxylic acids is 1. The SMILES string of the molecule is CC1(C)SC[C@H](C(=O)O)NC(=O)[C@H](Cc2ccccc2)NC(=O)CNC(=O)C1NC(=O)[C@@H](N)Cc1ccc(C(N)=O)cc1. The number of primary amides is 1. The lowest BCUT2D eigenvalue weighted by atomic mass is 10.00. The molecule has 43 heavy (non-hydrogen) atoms. The second-order valence-corrected chi connectivity index (χ2v) is 12.3. The Balaban J connectivity index is 1.80. The highest BCUT2D eigenvalue weighted by atomic mass is 32.2. The molecule has 0 saturated carbocycles. The molecule has 0 aromatic heterocycles. The number of thioether (sulfide) groups is 1. The van der Waals surface area contributed by atoms with Crippen LogP contribution < -0.4 is 32.7 Å². The molecule has 9 N–H and O–H groups in total. The molecule has 1 heterocycles. The van der Waals surface area contributed by atoms with Crippen molar-refractivity contribution in [3.05, 3.63) is 71.3 Å². The van der Waals surface area contributed by atoms with Gasteiger partial charge in [0.1, 0.15) is 18.1 Å². The van der Waals surface area contributed by atoms with Crippen molar-refractivity contribution in [1.29, 1.82) is 0 Å². The third-order valence-electron chi connectivity index (χ3n) is 6.87. The third-order valence-corrected chi connectivity index (χ3v) is 8.35. The van der Waals surface area contributed by atoms with Crippen LogP contribution in [0.25, 0.3) is 0 Å². The lowest BCUT2D eigenvalue weighted by Crippen LogP contribution is -2.60. The van der Waals surface area contributed by atoms with Crippen molar-refractivity contribution in [2.45, 2.75) is 55.6 Å². The summed E-state index contributed by atoms with van der Waals surface area (Å²) in [5.74, 6) is -4.75. The Kier molecular flexibility index (Phi) is 11.3. The summed E-state index contributed by atoms with van der Waals surface area (Å²) in [7, 11) is 0. The number of nitrogens with one attached hydrogen (secondary N) is 4. The van der Waals surface area contributed by atoms with E-state index in [0.29, 0.717) is 11.1 Å². The van der Waals surface area contributed by atoms with Crippen LogP contribution in [0, 0.1) is 0 Å². The Morgan fingerprint density at radius 1 is 1.00 bits per heavy atom. The number of benzene rings is 2. The van der Waals surface area contributed by atoms with E-state index >= 15 is 0 Å². The van der Waals surface area contributed by atoms with Gasteiger partial charge in [-0.15, -0.1) is 0 Å². The van der Waals surface area contributed by atoms with Crippen molar-refractivity contribution in [3.8, 4) is 0 Å². The highest BCUT2D eigenvalue weighted by Crippen LogP contribution is 2.29. The molecule has 5 amide bonds. The van der Waals surface area contributed by atoms with Crippen LogP contribution >= 0.6 is 11.8 Å². The molecule has 13 nitrogen and oxygen atoms in total. The van der Waals surface area contributed by atoms with Crippen molar-refractivity contribution >= 4 is 47.3 Å². The summed E-state index contributed by atoms with van der Waals surface area (Å²) in [6, 6.07) is 10.4. The highest BCUT2D eigenvalue weighted by Gasteiger charge is 2.40. The first-order valence-corrected chi connectivity index (χ1v) is 14.5. The Morgan fingerprint density at radius 2 is 1.65 bits per heavy atom. The molecule has 1 unspecified atom stereocenters. The summed E-state index contributed by atoms with van der Waals surface area (Å²) in [5, 5.41) is 20.0. The van der Waals surface area contributed by atoms with E-state index in [4.69, 9.17) is 11.5 Å². The fourth-order valence-electron chi connectivity index (χ4n) is 4.36. The molecule has 1 fully saturated rings. The minimum absolute atomic E-state index is 0.0884. The van der Waals surface area contributed by atoms with Gasteiger partial charge in [-0.25, -0.2) is 4.79 Å². The molecule has 4 atom stereocenters. The van der Waals surface area contributed by atoms with E-state index in [0.717, 1.165) is 17.3 Å². The molecule has 14 heteroatoms. The molecule has 3 rings (SSSR count). The van der Waals surface area contributed by atoms with Gasteiger partial charge in [-0.1, -0.05) is 42.5 Å². The zero-order valence-electron chi connectivity index (χ0n) is 23.8. The van der Waals surface area contributed by atoms with E-state index in [1.54, 1.807) is 56.3 Å². The van der Waals surface area contributed by atoms with E-state index in [9.17, 15) is 33.9 Å². The molecule has 0 bridgehead atoms. The number of carbonyl (C=O) groups is 6. The molecule has 2 aromatic rings. The second kappa shape index (κ2) is 14.6. The summed E-state index contributed by atoms with van der Waals surface area (Å²) >= 11 is 1.06. The number of amides is 5. The number of nitrogens with two attached hydrogens (primary N) is 2. The van der Waals surface area contributed by atoms with Gasteiger partial charge in [-0.3, -0.25) is 24.0 Å². The molecule has 230 valence electrons. The quantitative estimate of drug-likeness (QED) is 0.195. The fraction of sp³-hybridized carbons (Fsp3) is 0.379. The number of rotatable bonds is 8. The molecular weight excluding hydrogens is 576 g/mol. The van der Waals surface area contributed by atoms with Crippen LogP contribution in [0.4, 0.5) is 0 Å². The van der Waals surface area contributed by atoms with Gasteiger partial charge in [0.2, 0.25) is 29.5 Å². The van der Waals surface area contributed by atoms with Crippen molar-refractivity contribution < 1.29 is 33.9 Å². The van der Waals surface area contributed by atoms with Crippen LogP contribution in [0.3, 0.4) is 0 Å². The van der Waals surface area contributed by atoms with Crippen molar-refractivity contribution in [2.75, 3.05) is 12.3 Å². The summed E-state index contributed by atoms with van der Waals surface area (Å²) in [4.78, 5) is 75.8. The fourth-order valence-corrected chi connectivity index (χ4v) is 5.51. The van der Waals surface area contributed by atoms with Gasteiger partial charge >= 0.3 is 5.97 Å². The summed E-state index contributed by atoms with van der Waals surface area (Å²) in [5.41, 5.74) is 13.1. The van der Waals surface area contributed by atoms with Gasteiger partial charge in [0, 0.05) is 22.5 Å². The molecule has 0 radical (unpaired) electrons. The van der Waals surface area contributed by atoms with Gasteiger partial charge < -0.3 is 37.8 Å². The topological polar surface area (TPSA) is 223 Å². The molecule has 1 saturated heterocycles. The summed E-state index contributed by atoms with van der Waals surface area (Å²) in [6.07, 6.45) is 0.185. The first-order valence-electron chi connectivity index (χ1n) is 13.5. The van der Waals surface area contributed by atoms with Crippen LogP contribution in [-0.2, 0) is 36.8 Å². The Morgan fingerprint density at radius 3 is 2.26 bits per heavy atom. The predicted molar refractivity (Wildman–Crippen MR) is 160 cm³/mol. The van der Waals surface area contributed by atoms with Crippen LogP contribution in [0.2, 0.25) is 0 Å². The Hall–Kier alpha value is -4.43. The van der Waals surface area contributed by atoms with E-state index in [1.807, 2.05) is 0 Å². The van der Waals surface area contributed by atoms with Crippen molar-refractivity contribution in [1.82, 2.24) is 21.3 Å². The smallest absolute Gasteiger partial charge is 0.327 e. The van der Waals surface area contributed by atoms with Crippen LogP contribution in [-0.4, -0.2) is 81.8 Å².